The number of hydrogen-bond acceptors (Lipinski definition) is 15. The van der Waals surface area contributed by atoms with Crippen LogP contribution in [-0.2, 0) is 14.2 Å². The number of hydrogen-bond donors (Lipinski definition) is 11. The zero-order valence-corrected chi connectivity index (χ0v) is 23.2. The quantitative estimate of drug-likeness (QED) is 0.0849. The van der Waals surface area contributed by atoms with Crippen molar-refractivity contribution in [3.63, 3.8) is 0 Å². The van der Waals surface area contributed by atoms with Gasteiger partial charge in [-0.25, -0.2) is 4.42 Å². The number of rotatable bonds is 7. The van der Waals surface area contributed by atoms with E-state index in [9.17, 15) is 56.2 Å². The van der Waals surface area contributed by atoms with Crippen LogP contribution < -0.4 is 17.1 Å². The minimum Gasteiger partial charge on any atom is -1.00 e. The molecule has 0 amide bonds. The molecule has 0 aliphatic carbocycles. The van der Waals surface area contributed by atoms with E-state index in [2.05, 4.69) is 0 Å². The van der Waals surface area contributed by atoms with E-state index in [1.54, 1.807) is 0 Å². The van der Waals surface area contributed by atoms with Crippen molar-refractivity contribution in [2.75, 3.05) is 13.2 Å². The van der Waals surface area contributed by atoms with Gasteiger partial charge in [-0.1, -0.05) is 0 Å². The average molecular weight is 647 g/mol. The highest BCUT2D eigenvalue weighted by atomic mass is 35.5. The summed E-state index contributed by atoms with van der Waals surface area (Å²) in [5, 5.41) is 111. The summed E-state index contributed by atoms with van der Waals surface area (Å²) in [5.41, 5.74) is 0.127. The van der Waals surface area contributed by atoms with Gasteiger partial charge in [0.2, 0.25) is 12.0 Å². The van der Waals surface area contributed by atoms with E-state index in [0.717, 1.165) is 18.2 Å². The predicted molar refractivity (Wildman–Crippen MR) is 140 cm³/mol. The summed E-state index contributed by atoms with van der Waals surface area (Å²) in [7, 11) is 0. The Balaban J connectivity index is 0.00000442. The smallest absolute Gasteiger partial charge is 0.402 e. The molecule has 11 N–H and O–H groups in total. The van der Waals surface area contributed by atoms with Gasteiger partial charge in [0.25, 0.3) is 0 Å². The Morgan fingerprint density at radius 2 is 1.32 bits per heavy atom. The standard InChI is InChI=1S/C27H30O16.ClH/c28-7-17-19(33)21(35)23(37)26(42-17)39-8-18-20(34)22(36)24(38)27(43-18)41-16-6-11-13(31)4-10(29)5-15(11)40-25(16)9-1-2-12(30)14(32)3-9;/h1-6,17-24,26-28,33-38H,7-8H2,(H3-,29,30,31,32);1H/t17-,18-,19-,20-,21+,22+,23-,24-,26-,27-;/m1./s1. The van der Waals surface area contributed by atoms with E-state index in [1.165, 1.54) is 18.2 Å². The second-order valence-corrected chi connectivity index (χ2v) is 10.2. The highest BCUT2D eigenvalue weighted by molar-refractivity contribution is 5.88. The molecule has 2 aliphatic rings. The van der Waals surface area contributed by atoms with Crippen LogP contribution in [0.1, 0.15) is 0 Å². The molecule has 0 saturated carbocycles. The Bertz CT molecular complexity index is 1460. The molecule has 44 heavy (non-hydrogen) atoms. The monoisotopic (exact) mass is 646 g/mol. The first kappa shape index (κ1) is 33.6. The van der Waals surface area contributed by atoms with Crippen LogP contribution in [0, 0.1) is 0 Å². The fourth-order valence-electron chi connectivity index (χ4n) is 4.81. The molecule has 0 bridgehead atoms. The third-order valence-electron chi connectivity index (χ3n) is 7.24. The molecule has 0 unspecified atom stereocenters. The maximum Gasteiger partial charge on any atom is 0.402 e. The summed E-state index contributed by atoms with van der Waals surface area (Å²) >= 11 is 0. The molecule has 17 heteroatoms. The number of aliphatic hydroxyl groups excluding tert-OH is 7. The molecule has 242 valence electrons. The lowest BCUT2D eigenvalue weighted by Gasteiger charge is -2.42. The Morgan fingerprint density at radius 1 is 0.682 bits per heavy atom. The van der Waals surface area contributed by atoms with Crippen molar-refractivity contribution in [3.8, 4) is 40.1 Å². The number of aromatic hydroxyl groups is 4. The van der Waals surface area contributed by atoms with Crippen LogP contribution in [-0.4, -0.2) is 131 Å². The zero-order chi connectivity index (χ0) is 31.2. The lowest BCUT2D eigenvalue weighted by atomic mass is 9.98. The normalized spacial score (nSPS) is 32.2. The van der Waals surface area contributed by atoms with Gasteiger partial charge in [-0.15, -0.1) is 0 Å². The molecule has 3 aromatic rings. The molecule has 10 atom stereocenters. The van der Waals surface area contributed by atoms with Crippen LogP contribution in [0.3, 0.4) is 0 Å². The van der Waals surface area contributed by atoms with Gasteiger partial charge in [0.05, 0.1) is 24.8 Å². The summed E-state index contributed by atoms with van der Waals surface area (Å²) in [6.45, 7) is -1.31. The fraction of sp³-hybridized carbons (Fsp3) is 0.444. The number of benzene rings is 2. The third kappa shape index (κ3) is 6.42. The SMILES string of the molecule is OC[C@H]1O[C@@H](OC[C@H]2O[C@@H](Oc3cc4c(O)cc(O)cc4[o+]c3-c3ccc(O)c(O)c3)[C@H](O)[C@@H](O)[C@@H]2O)[C@H](O)[C@@H](O)[C@@H]1O.[Cl-]. The number of halogens is 1. The average Bonchev–Trinajstić information content (AvgIpc) is 2.97. The minimum absolute atomic E-state index is 0. The molecular formula is C27H31ClO16. The first-order valence-corrected chi connectivity index (χ1v) is 13.0. The molecule has 2 aliphatic heterocycles. The van der Waals surface area contributed by atoms with Gasteiger partial charge < -0.3 is 87.5 Å². The first-order chi connectivity index (χ1) is 20.4. The summed E-state index contributed by atoms with van der Waals surface area (Å²) in [6.07, 6.45) is -16.6. The van der Waals surface area contributed by atoms with Crippen molar-refractivity contribution in [2.45, 2.75) is 61.4 Å². The van der Waals surface area contributed by atoms with E-state index >= 15 is 0 Å². The summed E-state index contributed by atoms with van der Waals surface area (Å²) in [5.74, 6) is -2.02. The van der Waals surface area contributed by atoms with Gasteiger partial charge in [0.1, 0.15) is 65.7 Å². The van der Waals surface area contributed by atoms with Gasteiger partial charge in [-0.05, 0) is 12.1 Å². The second kappa shape index (κ2) is 13.4. The number of phenols is 4. The summed E-state index contributed by atoms with van der Waals surface area (Å²) in [6, 6.07) is 7.13. The van der Waals surface area contributed by atoms with Crippen molar-refractivity contribution in [1.82, 2.24) is 0 Å². The molecule has 16 nitrogen and oxygen atoms in total. The van der Waals surface area contributed by atoms with Gasteiger partial charge in [-0.2, -0.15) is 0 Å². The van der Waals surface area contributed by atoms with Crippen molar-refractivity contribution >= 4 is 11.0 Å². The molecule has 0 spiro atoms. The maximum absolute atomic E-state index is 10.7. The molecule has 2 aromatic carbocycles. The van der Waals surface area contributed by atoms with Gasteiger partial charge in [0.15, 0.2) is 17.8 Å². The van der Waals surface area contributed by atoms with E-state index in [4.69, 9.17) is 23.4 Å². The van der Waals surface area contributed by atoms with Gasteiger partial charge in [0, 0.05) is 18.2 Å². The Labute approximate surface area is 254 Å². The summed E-state index contributed by atoms with van der Waals surface area (Å²) in [4.78, 5) is 0. The molecule has 0 radical (unpaired) electrons. The van der Waals surface area contributed by atoms with E-state index in [0.29, 0.717) is 0 Å². The van der Waals surface area contributed by atoms with Crippen LogP contribution >= 0.6 is 0 Å². The van der Waals surface area contributed by atoms with Crippen LogP contribution in [0.5, 0.6) is 28.7 Å². The predicted octanol–water partition coefficient (Wildman–Crippen LogP) is -4.79. The number of ether oxygens (including phenoxy) is 4. The Morgan fingerprint density at radius 3 is 1.98 bits per heavy atom. The molecular weight excluding hydrogens is 616 g/mol. The second-order valence-electron chi connectivity index (χ2n) is 10.2. The van der Waals surface area contributed by atoms with E-state index in [-0.39, 0.29) is 46.2 Å². The number of aliphatic hydroxyl groups is 7. The van der Waals surface area contributed by atoms with E-state index < -0.39 is 91.9 Å². The van der Waals surface area contributed by atoms with Crippen LogP contribution in [0.25, 0.3) is 22.3 Å². The van der Waals surface area contributed by atoms with Crippen molar-refractivity contribution in [1.29, 1.82) is 0 Å². The van der Waals surface area contributed by atoms with Crippen molar-refractivity contribution < 1.29 is 91.9 Å². The molecule has 3 heterocycles. The molecule has 5 rings (SSSR count). The number of fused-ring (bicyclic) bond motifs is 1. The van der Waals surface area contributed by atoms with Crippen LogP contribution in [0.2, 0.25) is 0 Å². The van der Waals surface area contributed by atoms with Crippen LogP contribution in [0.15, 0.2) is 40.8 Å². The van der Waals surface area contributed by atoms with E-state index in [1.807, 2.05) is 0 Å². The Kier molecular flexibility index (Phi) is 10.2. The maximum atomic E-state index is 10.7. The van der Waals surface area contributed by atoms with Gasteiger partial charge >= 0.3 is 11.3 Å². The molecule has 1 aromatic heterocycles. The Hall–Kier alpha value is -3.26. The first-order valence-electron chi connectivity index (χ1n) is 13.0. The highest BCUT2D eigenvalue weighted by Crippen LogP contribution is 2.42. The lowest BCUT2D eigenvalue weighted by Crippen LogP contribution is -3.00. The highest BCUT2D eigenvalue weighted by Gasteiger charge is 2.48. The third-order valence-corrected chi connectivity index (χ3v) is 7.24. The van der Waals surface area contributed by atoms with Crippen molar-refractivity contribution in [3.05, 3.63) is 36.4 Å². The lowest BCUT2D eigenvalue weighted by molar-refractivity contribution is -0.323. The minimum atomic E-state index is -1.86. The van der Waals surface area contributed by atoms with Crippen LogP contribution in [0.4, 0.5) is 0 Å². The summed E-state index contributed by atoms with van der Waals surface area (Å²) < 4.78 is 28.1. The number of phenolic OH excluding ortho intramolecular Hbond substituents is 4. The zero-order valence-electron chi connectivity index (χ0n) is 22.5. The molecule has 2 saturated heterocycles. The topological polar surface area (TPSA) is 271 Å². The largest absolute Gasteiger partial charge is 1.00 e. The van der Waals surface area contributed by atoms with Crippen molar-refractivity contribution in [2.24, 2.45) is 0 Å². The van der Waals surface area contributed by atoms with Gasteiger partial charge in [-0.3, -0.25) is 0 Å². The fourth-order valence-corrected chi connectivity index (χ4v) is 4.81. The molecule has 2 fully saturated rings.